The molecule has 0 saturated carbocycles. The largest absolute Gasteiger partial charge is 0.343 e. The molecule has 1 aliphatic heterocycles. The molecule has 2 N–H and O–H groups in total. The third-order valence-corrected chi connectivity index (χ3v) is 5.24. The van der Waals surface area contributed by atoms with Gasteiger partial charge in [0.25, 0.3) is 0 Å². The average Bonchev–Trinajstić information content (AvgIpc) is 3.04. The molecule has 5 heteroatoms. The molecular formula is C16H27N3OS. The third kappa shape index (κ3) is 5.09. The van der Waals surface area contributed by atoms with E-state index in [2.05, 4.69) is 29.5 Å². The highest BCUT2D eigenvalue weighted by molar-refractivity contribution is 7.09. The summed E-state index contributed by atoms with van der Waals surface area (Å²) in [6.45, 7) is 3.35. The minimum Gasteiger partial charge on any atom is -0.343 e. The first-order valence-electron chi connectivity index (χ1n) is 7.91. The van der Waals surface area contributed by atoms with E-state index in [9.17, 15) is 4.79 Å². The Morgan fingerprint density at radius 1 is 1.43 bits per heavy atom. The van der Waals surface area contributed by atoms with Crippen molar-refractivity contribution in [3.05, 3.63) is 22.4 Å². The fourth-order valence-corrected chi connectivity index (χ4v) is 3.52. The lowest BCUT2D eigenvalue weighted by Crippen LogP contribution is -2.44. The fourth-order valence-electron chi connectivity index (χ4n) is 2.82. The van der Waals surface area contributed by atoms with Crippen LogP contribution < -0.4 is 5.73 Å². The topological polar surface area (TPSA) is 49.6 Å². The van der Waals surface area contributed by atoms with E-state index in [-0.39, 0.29) is 11.9 Å². The molecule has 0 aromatic carbocycles. The molecule has 4 nitrogen and oxygen atoms in total. The quantitative estimate of drug-likeness (QED) is 0.837. The second kappa shape index (κ2) is 8.51. The van der Waals surface area contributed by atoms with Gasteiger partial charge in [0.15, 0.2) is 0 Å². The highest BCUT2D eigenvalue weighted by Crippen LogP contribution is 2.14. The number of piperidine rings is 1. The fraction of sp³-hybridized carbons (Fsp3) is 0.688. The number of nitrogens with zero attached hydrogens (tertiary/aromatic N) is 2. The summed E-state index contributed by atoms with van der Waals surface area (Å²) in [6, 6.07) is 4.40. The minimum absolute atomic E-state index is 0.152. The zero-order chi connectivity index (χ0) is 15.1. The molecule has 0 radical (unpaired) electrons. The molecule has 1 amide bonds. The lowest BCUT2D eigenvalue weighted by molar-refractivity contribution is -0.133. The van der Waals surface area contributed by atoms with Crippen molar-refractivity contribution in [3.8, 4) is 0 Å². The highest BCUT2D eigenvalue weighted by atomic mass is 32.1. The molecule has 1 unspecified atom stereocenters. The molecule has 0 aliphatic carbocycles. The van der Waals surface area contributed by atoms with Gasteiger partial charge in [0.05, 0.1) is 0 Å². The van der Waals surface area contributed by atoms with Crippen molar-refractivity contribution in [2.24, 2.45) is 5.73 Å². The molecule has 1 aliphatic rings. The van der Waals surface area contributed by atoms with E-state index in [1.807, 2.05) is 4.90 Å². The maximum absolute atomic E-state index is 12.4. The van der Waals surface area contributed by atoms with Crippen molar-refractivity contribution < 1.29 is 4.79 Å². The molecule has 1 saturated heterocycles. The normalized spacial score (nSPS) is 17.2. The van der Waals surface area contributed by atoms with Gasteiger partial charge in [-0.25, -0.2) is 0 Å². The number of likely N-dealkylation sites (N-methyl/N-ethyl adjacent to an activating group) is 1. The van der Waals surface area contributed by atoms with Crippen LogP contribution >= 0.6 is 11.3 Å². The Kier molecular flexibility index (Phi) is 6.67. The summed E-state index contributed by atoms with van der Waals surface area (Å²) >= 11 is 1.79. The van der Waals surface area contributed by atoms with Crippen LogP contribution in [0.2, 0.25) is 0 Å². The molecule has 0 spiro atoms. The number of rotatable bonds is 7. The second-order valence-corrected chi connectivity index (χ2v) is 6.88. The molecule has 2 rings (SSSR count). The number of hydrogen-bond donors (Lipinski definition) is 1. The van der Waals surface area contributed by atoms with Crippen LogP contribution in [0.4, 0.5) is 0 Å². The van der Waals surface area contributed by atoms with Crippen molar-refractivity contribution in [2.45, 2.75) is 38.1 Å². The number of thiophene rings is 1. The van der Waals surface area contributed by atoms with Crippen molar-refractivity contribution in [1.82, 2.24) is 9.80 Å². The second-order valence-electron chi connectivity index (χ2n) is 5.85. The lowest BCUT2D eigenvalue weighted by atomic mass is 10.1. The number of carbonyl (C=O) groups excluding carboxylic acids is 1. The van der Waals surface area contributed by atoms with Gasteiger partial charge in [-0.3, -0.25) is 4.79 Å². The molecule has 1 aromatic heterocycles. The SMILES string of the molecule is CN(CCc1cccs1)C(CN)CC(=O)N1CCCCC1. The molecular weight excluding hydrogens is 282 g/mol. The van der Waals surface area contributed by atoms with E-state index in [1.54, 1.807) is 11.3 Å². The van der Waals surface area contributed by atoms with Crippen LogP contribution in [0.3, 0.4) is 0 Å². The van der Waals surface area contributed by atoms with Crippen molar-refractivity contribution in [2.75, 3.05) is 33.2 Å². The van der Waals surface area contributed by atoms with Crippen LogP contribution in [0.25, 0.3) is 0 Å². The summed E-state index contributed by atoms with van der Waals surface area (Å²) < 4.78 is 0. The standard InChI is InChI=1S/C16H27N3OS/c1-18(10-7-15-6-5-11-21-15)14(13-17)12-16(20)19-8-3-2-4-9-19/h5-6,11,14H,2-4,7-10,12-13,17H2,1H3. The Labute approximate surface area is 131 Å². The molecule has 2 heterocycles. The first-order valence-corrected chi connectivity index (χ1v) is 8.79. The van der Waals surface area contributed by atoms with E-state index in [0.29, 0.717) is 13.0 Å². The van der Waals surface area contributed by atoms with Crippen LogP contribution in [0.5, 0.6) is 0 Å². The van der Waals surface area contributed by atoms with Crippen LogP contribution in [-0.2, 0) is 11.2 Å². The predicted octanol–water partition coefficient (Wildman–Crippen LogP) is 1.95. The van der Waals surface area contributed by atoms with E-state index in [4.69, 9.17) is 5.73 Å². The Morgan fingerprint density at radius 2 is 2.19 bits per heavy atom. The van der Waals surface area contributed by atoms with Crippen LogP contribution in [0.1, 0.15) is 30.6 Å². The Morgan fingerprint density at radius 3 is 2.81 bits per heavy atom. The number of nitrogens with two attached hydrogens (primary N) is 1. The van der Waals surface area contributed by atoms with Gasteiger partial charge in [0.2, 0.25) is 5.91 Å². The van der Waals surface area contributed by atoms with E-state index < -0.39 is 0 Å². The number of amides is 1. The van der Waals surface area contributed by atoms with E-state index in [0.717, 1.165) is 38.9 Å². The number of likely N-dealkylation sites (tertiary alicyclic amines) is 1. The first-order chi connectivity index (χ1) is 10.2. The van der Waals surface area contributed by atoms with Crippen LogP contribution in [0, 0.1) is 0 Å². The molecule has 0 bridgehead atoms. The minimum atomic E-state index is 0.152. The van der Waals surface area contributed by atoms with E-state index in [1.165, 1.54) is 11.3 Å². The maximum Gasteiger partial charge on any atom is 0.224 e. The number of carbonyl (C=O) groups is 1. The van der Waals surface area contributed by atoms with Gasteiger partial charge in [-0.05, 0) is 44.2 Å². The van der Waals surface area contributed by atoms with Gasteiger partial charge in [0, 0.05) is 43.5 Å². The zero-order valence-electron chi connectivity index (χ0n) is 13.0. The summed E-state index contributed by atoms with van der Waals surface area (Å²) in [5, 5.41) is 2.11. The molecule has 118 valence electrons. The van der Waals surface area contributed by atoms with Crippen molar-refractivity contribution >= 4 is 17.2 Å². The molecule has 1 aromatic rings. The van der Waals surface area contributed by atoms with Gasteiger partial charge in [-0.1, -0.05) is 6.07 Å². The lowest BCUT2D eigenvalue weighted by Gasteiger charge is -2.31. The summed E-state index contributed by atoms with van der Waals surface area (Å²) in [6.07, 6.45) is 5.13. The van der Waals surface area contributed by atoms with Gasteiger partial charge in [-0.15, -0.1) is 11.3 Å². The van der Waals surface area contributed by atoms with Gasteiger partial charge >= 0.3 is 0 Å². The van der Waals surface area contributed by atoms with Gasteiger partial charge in [-0.2, -0.15) is 0 Å². The van der Waals surface area contributed by atoms with Crippen molar-refractivity contribution in [1.29, 1.82) is 0 Å². The first kappa shape index (κ1) is 16.5. The summed E-state index contributed by atoms with van der Waals surface area (Å²) in [4.78, 5) is 18.0. The summed E-state index contributed by atoms with van der Waals surface area (Å²) in [7, 11) is 2.08. The summed E-state index contributed by atoms with van der Waals surface area (Å²) in [5.41, 5.74) is 5.89. The van der Waals surface area contributed by atoms with Crippen LogP contribution in [0.15, 0.2) is 17.5 Å². The zero-order valence-corrected chi connectivity index (χ0v) is 13.8. The maximum atomic E-state index is 12.4. The van der Waals surface area contributed by atoms with E-state index >= 15 is 0 Å². The monoisotopic (exact) mass is 309 g/mol. The Balaban J connectivity index is 1.78. The van der Waals surface area contributed by atoms with Crippen molar-refractivity contribution in [3.63, 3.8) is 0 Å². The Hall–Kier alpha value is -0.910. The smallest absolute Gasteiger partial charge is 0.224 e. The summed E-state index contributed by atoms with van der Waals surface area (Å²) in [5.74, 6) is 0.271. The van der Waals surface area contributed by atoms with Gasteiger partial charge < -0.3 is 15.5 Å². The molecule has 1 fully saturated rings. The average molecular weight is 309 g/mol. The van der Waals surface area contributed by atoms with Gasteiger partial charge in [0.1, 0.15) is 0 Å². The number of hydrogen-bond acceptors (Lipinski definition) is 4. The predicted molar refractivity (Wildman–Crippen MR) is 88.5 cm³/mol. The van der Waals surface area contributed by atoms with Crippen LogP contribution in [-0.4, -0.2) is 55.0 Å². The molecule has 1 atom stereocenters. The third-order valence-electron chi connectivity index (χ3n) is 4.31. The Bertz CT molecular complexity index is 415. The highest BCUT2D eigenvalue weighted by Gasteiger charge is 2.22. The molecule has 21 heavy (non-hydrogen) atoms.